The van der Waals surface area contributed by atoms with Crippen LogP contribution in [0.4, 0.5) is 11.6 Å². The van der Waals surface area contributed by atoms with E-state index in [0.717, 1.165) is 22.2 Å². The van der Waals surface area contributed by atoms with E-state index in [4.69, 9.17) is 9.97 Å². The van der Waals surface area contributed by atoms with Crippen molar-refractivity contribution in [2.24, 2.45) is 5.92 Å². The van der Waals surface area contributed by atoms with Crippen LogP contribution in [0.3, 0.4) is 0 Å². The molecule has 1 saturated heterocycles. The predicted octanol–water partition coefficient (Wildman–Crippen LogP) is 3.13. The van der Waals surface area contributed by atoms with Crippen LogP contribution in [0.1, 0.15) is 24.0 Å². The second-order valence-electron chi connectivity index (χ2n) is 9.22. The number of rotatable bonds is 3. The van der Waals surface area contributed by atoms with Gasteiger partial charge in [0, 0.05) is 39.1 Å². The number of piperidine rings is 1. The van der Waals surface area contributed by atoms with Crippen LogP contribution in [0, 0.1) is 19.8 Å². The number of fused-ring (bicyclic) bond motifs is 2. The molecule has 178 valence electrons. The first kappa shape index (κ1) is 22.7. The average molecular weight is 480 g/mol. The van der Waals surface area contributed by atoms with Gasteiger partial charge in [-0.15, -0.1) is 0 Å². The van der Waals surface area contributed by atoms with Crippen LogP contribution >= 0.6 is 0 Å². The molecule has 2 aliphatic rings. The van der Waals surface area contributed by atoms with Crippen LogP contribution in [0.2, 0.25) is 0 Å². The summed E-state index contributed by atoms with van der Waals surface area (Å²) in [4.78, 5) is 27.2. The predicted molar refractivity (Wildman–Crippen MR) is 133 cm³/mol. The summed E-state index contributed by atoms with van der Waals surface area (Å²) in [6.45, 7) is 5.64. The molecule has 8 nitrogen and oxygen atoms in total. The van der Waals surface area contributed by atoms with Gasteiger partial charge in [-0.3, -0.25) is 9.69 Å². The lowest BCUT2D eigenvalue weighted by molar-refractivity contribution is -0.123. The summed E-state index contributed by atoms with van der Waals surface area (Å²) in [5.74, 6) is 1.05. The van der Waals surface area contributed by atoms with E-state index in [1.54, 1.807) is 11.0 Å². The topological polar surface area (TPSA) is 86.7 Å². The van der Waals surface area contributed by atoms with E-state index < -0.39 is 10.0 Å². The van der Waals surface area contributed by atoms with Crippen LogP contribution in [0.5, 0.6) is 0 Å². The number of carbonyl (C=O) groups excluding carboxylic acids is 1. The van der Waals surface area contributed by atoms with Crippen LogP contribution in [-0.2, 0) is 14.8 Å². The van der Waals surface area contributed by atoms with Gasteiger partial charge in [-0.2, -0.15) is 4.31 Å². The van der Waals surface area contributed by atoms with Gasteiger partial charge < -0.3 is 4.90 Å². The van der Waals surface area contributed by atoms with Gasteiger partial charge in [-0.1, -0.05) is 29.8 Å². The van der Waals surface area contributed by atoms with Crippen molar-refractivity contribution in [1.29, 1.82) is 0 Å². The molecule has 2 aliphatic heterocycles. The molecule has 5 rings (SSSR count). The van der Waals surface area contributed by atoms with Gasteiger partial charge in [-0.25, -0.2) is 18.4 Å². The number of nitrogens with zero attached hydrogens (tertiary/aromatic N) is 5. The Balaban J connectivity index is 1.35. The summed E-state index contributed by atoms with van der Waals surface area (Å²) in [6, 6.07) is 13.0. The number of benzene rings is 2. The van der Waals surface area contributed by atoms with Crippen molar-refractivity contribution in [3.63, 3.8) is 0 Å². The van der Waals surface area contributed by atoms with Gasteiger partial charge in [0.1, 0.15) is 0 Å². The van der Waals surface area contributed by atoms with Gasteiger partial charge in [0.25, 0.3) is 0 Å². The van der Waals surface area contributed by atoms with Crippen LogP contribution in [-0.4, -0.2) is 61.8 Å². The molecule has 0 bridgehead atoms. The van der Waals surface area contributed by atoms with Crippen LogP contribution in [0.25, 0.3) is 11.0 Å². The Morgan fingerprint density at radius 2 is 1.56 bits per heavy atom. The zero-order valence-corrected chi connectivity index (χ0v) is 20.5. The van der Waals surface area contributed by atoms with Crippen molar-refractivity contribution in [2.75, 3.05) is 43.0 Å². The van der Waals surface area contributed by atoms with Crippen molar-refractivity contribution in [3.8, 4) is 0 Å². The van der Waals surface area contributed by atoms with Crippen molar-refractivity contribution in [2.45, 2.75) is 31.6 Å². The SMILES string of the molecule is Cc1ccc(S(=O)(=O)N2CCC(C(=O)N3CCN(C)c4nc5ccccc5nc43)CC2)c(C)c1. The Morgan fingerprint density at radius 1 is 0.912 bits per heavy atom. The second kappa shape index (κ2) is 8.63. The number of sulfonamides is 1. The molecule has 9 heteroatoms. The zero-order chi connectivity index (χ0) is 24.0. The van der Waals surface area contributed by atoms with E-state index in [9.17, 15) is 13.2 Å². The van der Waals surface area contributed by atoms with Crippen molar-refractivity contribution >= 4 is 38.6 Å². The first-order chi connectivity index (χ1) is 16.3. The maximum atomic E-state index is 13.5. The Bertz CT molecular complexity index is 1370. The molecule has 0 aliphatic carbocycles. The summed E-state index contributed by atoms with van der Waals surface area (Å²) in [5.41, 5.74) is 3.33. The third-order valence-corrected chi connectivity index (χ3v) is 8.89. The van der Waals surface area contributed by atoms with Gasteiger partial charge in [0.05, 0.1) is 15.9 Å². The smallest absolute Gasteiger partial charge is 0.243 e. The highest BCUT2D eigenvalue weighted by molar-refractivity contribution is 7.89. The summed E-state index contributed by atoms with van der Waals surface area (Å²) >= 11 is 0. The molecule has 0 spiro atoms. The first-order valence-electron chi connectivity index (χ1n) is 11.6. The lowest BCUT2D eigenvalue weighted by atomic mass is 9.96. The van der Waals surface area contributed by atoms with Crippen molar-refractivity contribution < 1.29 is 13.2 Å². The second-order valence-corrected chi connectivity index (χ2v) is 11.1. The highest BCUT2D eigenvalue weighted by atomic mass is 32.2. The molecule has 0 saturated carbocycles. The molecule has 0 radical (unpaired) electrons. The molecule has 1 aromatic heterocycles. The van der Waals surface area contributed by atoms with Crippen LogP contribution in [0.15, 0.2) is 47.4 Å². The number of hydrogen-bond donors (Lipinski definition) is 0. The first-order valence-corrected chi connectivity index (χ1v) is 13.1. The molecule has 2 aromatic carbocycles. The summed E-state index contributed by atoms with van der Waals surface area (Å²) in [5, 5.41) is 0. The maximum Gasteiger partial charge on any atom is 0.243 e. The Hall–Kier alpha value is -3.04. The Labute approximate surface area is 200 Å². The fourth-order valence-electron chi connectivity index (χ4n) is 4.89. The van der Waals surface area contributed by atoms with Crippen LogP contribution < -0.4 is 9.80 Å². The number of likely N-dealkylation sites (N-methyl/N-ethyl adjacent to an activating group) is 1. The van der Waals surface area contributed by atoms with Crippen molar-refractivity contribution in [1.82, 2.24) is 14.3 Å². The molecule has 1 fully saturated rings. The summed E-state index contributed by atoms with van der Waals surface area (Å²) in [7, 11) is -1.63. The minimum Gasteiger partial charge on any atom is -0.355 e. The fraction of sp³-hybridized carbons (Fsp3) is 0.400. The maximum absolute atomic E-state index is 13.5. The normalized spacial score (nSPS) is 17.7. The number of aromatic nitrogens is 2. The zero-order valence-electron chi connectivity index (χ0n) is 19.7. The number of carbonyl (C=O) groups is 1. The molecule has 3 aromatic rings. The molecule has 34 heavy (non-hydrogen) atoms. The van der Waals surface area contributed by atoms with E-state index in [2.05, 4.69) is 0 Å². The molecular formula is C25H29N5O3S. The molecular weight excluding hydrogens is 450 g/mol. The monoisotopic (exact) mass is 479 g/mol. The van der Waals surface area contributed by atoms with Gasteiger partial charge in [0.15, 0.2) is 11.6 Å². The lowest BCUT2D eigenvalue weighted by Crippen LogP contribution is -2.49. The highest BCUT2D eigenvalue weighted by Gasteiger charge is 2.37. The van der Waals surface area contributed by atoms with Gasteiger partial charge >= 0.3 is 0 Å². The Morgan fingerprint density at radius 3 is 2.21 bits per heavy atom. The fourth-order valence-corrected chi connectivity index (χ4v) is 6.56. The van der Waals surface area contributed by atoms with E-state index in [0.29, 0.717) is 55.6 Å². The van der Waals surface area contributed by atoms with E-state index in [-0.39, 0.29) is 11.8 Å². The number of amides is 1. The van der Waals surface area contributed by atoms with Crippen molar-refractivity contribution in [3.05, 3.63) is 53.6 Å². The third kappa shape index (κ3) is 3.92. The lowest BCUT2D eigenvalue weighted by Gasteiger charge is -2.37. The summed E-state index contributed by atoms with van der Waals surface area (Å²) in [6.07, 6.45) is 0.983. The minimum atomic E-state index is -3.58. The van der Waals surface area contributed by atoms with Gasteiger partial charge in [-0.05, 0) is 50.5 Å². The quantitative estimate of drug-likeness (QED) is 0.574. The number of hydrogen-bond acceptors (Lipinski definition) is 6. The highest BCUT2D eigenvalue weighted by Crippen LogP contribution is 2.34. The third-order valence-electron chi connectivity index (χ3n) is 6.83. The number of para-hydroxylation sites is 2. The molecule has 3 heterocycles. The summed E-state index contributed by atoms with van der Waals surface area (Å²) < 4.78 is 28.0. The molecule has 0 N–H and O–H groups in total. The van der Waals surface area contributed by atoms with E-state index in [1.807, 2.05) is 62.2 Å². The minimum absolute atomic E-state index is 0.00231. The largest absolute Gasteiger partial charge is 0.355 e. The number of anilines is 2. The number of aryl methyl sites for hydroxylation is 2. The Kier molecular flexibility index (Phi) is 5.77. The molecule has 0 unspecified atom stereocenters. The standard InChI is InChI=1S/C25H29N5O3S/c1-17-8-9-22(18(2)16-17)34(32,33)29-12-10-19(11-13-29)25(31)30-15-14-28(3)23-24(30)27-21-7-5-4-6-20(21)26-23/h4-9,16,19H,10-15H2,1-3H3. The molecule has 0 atom stereocenters. The van der Waals surface area contributed by atoms with Gasteiger partial charge in [0.2, 0.25) is 15.9 Å². The van der Waals surface area contributed by atoms with E-state index in [1.165, 1.54) is 4.31 Å². The molecule has 1 amide bonds. The van der Waals surface area contributed by atoms with E-state index >= 15 is 0 Å². The average Bonchev–Trinajstić information content (AvgIpc) is 2.83.